The van der Waals surface area contributed by atoms with Crippen molar-refractivity contribution in [2.24, 2.45) is 0 Å². The Kier molecular flexibility index (Phi) is 3.15. The van der Waals surface area contributed by atoms with Crippen LogP contribution in [0.2, 0.25) is 10.0 Å². The minimum absolute atomic E-state index is 0.285. The third kappa shape index (κ3) is 1.84. The fourth-order valence-corrected chi connectivity index (χ4v) is 2.71. The summed E-state index contributed by atoms with van der Waals surface area (Å²) >= 11 is 12.9. The molecule has 2 rings (SSSR count). The van der Waals surface area contributed by atoms with Crippen molar-refractivity contribution in [1.82, 2.24) is 0 Å². The first kappa shape index (κ1) is 11.1. The number of hydrogen-bond acceptors (Lipinski definition) is 4. The number of rotatable bonds is 1. The molecule has 0 aliphatic carbocycles. The van der Waals surface area contributed by atoms with E-state index in [0.717, 1.165) is 17.3 Å². The normalized spacial score (nSPS) is 13.9. The standard InChI is InChI=1S/C8H4BCl2NO2S/c10-5-1-4-2-14-9(13)6(4)7(11)8(5)15-3-12/h1,13H,2H2. The lowest BCUT2D eigenvalue weighted by atomic mass is 9.79. The van der Waals surface area contributed by atoms with Gasteiger partial charge >= 0.3 is 7.12 Å². The Balaban J connectivity index is 2.61. The van der Waals surface area contributed by atoms with Crippen LogP contribution < -0.4 is 5.46 Å². The van der Waals surface area contributed by atoms with Crippen molar-refractivity contribution in [2.45, 2.75) is 11.5 Å². The second-order valence-corrected chi connectivity index (χ2v) is 4.51. The molecule has 0 unspecified atom stereocenters. The highest BCUT2D eigenvalue weighted by Crippen LogP contribution is 2.35. The van der Waals surface area contributed by atoms with E-state index >= 15 is 0 Å². The van der Waals surface area contributed by atoms with Gasteiger partial charge in [-0.05, 0) is 23.4 Å². The van der Waals surface area contributed by atoms with Gasteiger partial charge in [-0.2, -0.15) is 5.26 Å². The molecule has 0 saturated carbocycles. The van der Waals surface area contributed by atoms with Crippen LogP contribution in [0.3, 0.4) is 0 Å². The average molecular weight is 260 g/mol. The van der Waals surface area contributed by atoms with Gasteiger partial charge in [0.25, 0.3) is 0 Å². The summed E-state index contributed by atoms with van der Waals surface area (Å²) in [5.41, 5.74) is 1.28. The molecule has 1 aliphatic rings. The summed E-state index contributed by atoms with van der Waals surface area (Å²) in [6.45, 7) is 0.285. The van der Waals surface area contributed by atoms with Gasteiger partial charge < -0.3 is 9.68 Å². The van der Waals surface area contributed by atoms with Crippen LogP contribution >= 0.6 is 35.0 Å². The third-order valence-corrected chi connectivity index (χ3v) is 3.73. The molecule has 0 atom stereocenters. The largest absolute Gasteiger partial charge is 0.493 e. The Morgan fingerprint density at radius 3 is 3.00 bits per heavy atom. The van der Waals surface area contributed by atoms with Crippen molar-refractivity contribution < 1.29 is 9.68 Å². The van der Waals surface area contributed by atoms with Crippen molar-refractivity contribution in [3.63, 3.8) is 0 Å². The fourth-order valence-electron chi connectivity index (χ4n) is 1.44. The first-order chi connectivity index (χ1) is 7.15. The highest BCUT2D eigenvalue weighted by molar-refractivity contribution is 8.04. The average Bonchev–Trinajstić information content (AvgIpc) is 2.54. The van der Waals surface area contributed by atoms with Crippen molar-refractivity contribution in [2.75, 3.05) is 0 Å². The molecule has 0 spiro atoms. The topological polar surface area (TPSA) is 53.2 Å². The molecule has 0 bridgehead atoms. The van der Waals surface area contributed by atoms with Crippen molar-refractivity contribution in [3.8, 4) is 5.40 Å². The third-order valence-electron chi connectivity index (χ3n) is 2.09. The molecule has 7 heteroatoms. The SMILES string of the molecule is N#CSc1c(Cl)cc2c(c1Cl)B(O)OC2. The zero-order chi connectivity index (χ0) is 11.0. The first-order valence-corrected chi connectivity index (χ1v) is 5.58. The molecule has 0 radical (unpaired) electrons. The van der Waals surface area contributed by atoms with Gasteiger partial charge in [-0.25, -0.2) is 0 Å². The summed E-state index contributed by atoms with van der Waals surface area (Å²) in [5.74, 6) is 0. The Bertz CT molecular complexity index is 463. The second-order valence-electron chi connectivity index (χ2n) is 2.93. The van der Waals surface area contributed by atoms with Crippen LogP contribution in [0.1, 0.15) is 5.56 Å². The lowest BCUT2D eigenvalue weighted by Crippen LogP contribution is -2.29. The number of nitrogens with zero attached hydrogens (tertiary/aromatic N) is 1. The van der Waals surface area contributed by atoms with Gasteiger partial charge in [-0.3, -0.25) is 0 Å². The summed E-state index contributed by atoms with van der Waals surface area (Å²) < 4.78 is 5.01. The summed E-state index contributed by atoms with van der Waals surface area (Å²) in [6.07, 6.45) is 0. The molecular weight excluding hydrogens is 256 g/mol. The number of nitriles is 1. The van der Waals surface area contributed by atoms with E-state index in [2.05, 4.69) is 0 Å². The summed E-state index contributed by atoms with van der Waals surface area (Å²) in [5, 5.41) is 20.7. The van der Waals surface area contributed by atoms with Gasteiger partial charge in [-0.1, -0.05) is 23.2 Å². The number of thiocyanates is 1. The molecular formula is C8H4BCl2NO2S. The molecule has 1 aliphatic heterocycles. The molecule has 0 saturated heterocycles. The summed E-state index contributed by atoms with van der Waals surface area (Å²) in [7, 11) is -1.03. The van der Waals surface area contributed by atoms with Crippen LogP contribution in [0.15, 0.2) is 11.0 Å². The smallest absolute Gasteiger partial charge is 0.423 e. The maximum atomic E-state index is 9.50. The van der Waals surface area contributed by atoms with E-state index in [1.54, 1.807) is 6.07 Å². The highest BCUT2D eigenvalue weighted by atomic mass is 35.5. The number of thioether (sulfide) groups is 1. The summed E-state index contributed by atoms with van der Waals surface area (Å²) in [6, 6.07) is 1.67. The lowest BCUT2D eigenvalue weighted by Gasteiger charge is -2.07. The van der Waals surface area contributed by atoms with Crippen LogP contribution in [0.5, 0.6) is 0 Å². The van der Waals surface area contributed by atoms with Gasteiger partial charge in [0.05, 0.1) is 21.5 Å². The monoisotopic (exact) mass is 259 g/mol. The Hall–Kier alpha value is -0.375. The Morgan fingerprint density at radius 1 is 1.60 bits per heavy atom. The zero-order valence-electron chi connectivity index (χ0n) is 7.33. The zero-order valence-corrected chi connectivity index (χ0v) is 9.66. The molecule has 76 valence electrons. The van der Waals surface area contributed by atoms with Crippen molar-refractivity contribution in [3.05, 3.63) is 21.7 Å². The van der Waals surface area contributed by atoms with Gasteiger partial charge in [0.15, 0.2) is 0 Å². The van der Waals surface area contributed by atoms with E-state index in [9.17, 15) is 5.02 Å². The van der Waals surface area contributed by atoms with Crippen LogP contribution in [-0.2, 0) is 11.3 Å². The van der Waals surface area contributed by atoms with Crippen LogP contribution in [-0.4, -0.2) is 12.1 Å². The van der Waals surface area contributed by atoms with Gasteiger partial charge in [0, 0.05) is 5.46 Å². The molecule has 0 fully saturated rings. The van der Waals surface area contributed by atoms with Crippen molar-refractivity contribution in [1.29, 1.82) is 5.26 Å². The molecule has 3 nitrogen and oxygen atoms in total. The molecule has 0 amide bonds. The first-order valence-electron chi connectivity index (χ1n) is 4.01. The molecule has 1 N–H and O–H groups in total. The van der Waals surface area contributed by atoms with Gasteiger partial charge in [0.1, 0.15) is 5.40 Å². The predicted molar refractivity (Wildman–Crippen MR) is 60.3 cm³/mol. The molecule has 15 heavy (non-hydrogen) atoms. The number of benzene rings is 1. The second kappa shape index (κ2) is 4.24. The molecule has 1 aromatic carbocycles. The molecule has 1 aromatic rings. The van der Waals surface area contributed by atoms with E-state index in [-0.39, 0.29) is 6.61 Å². The maximum absolute atomic E-state index is 9.50. The summed E-state index contributed by atoms with van der Waals surface area (Å²) in [4.78, 5) is 0.462. The Morgan fingerprint density at radius 2 is 2.33 bits per heavy atom. The minimum atomic E-state index is -1.03. The molecule has 1 heterocycles. The Labute approximate surface area is 101 Å². The quantitative estimate of drug-likeness (QED) is 0.475. The molecule has 0 aromatic heterocycles. The van der Waals surface area contributed by atoms with Crippen molar-refractivity contribution >= 4 is 47.5 Å². The van der Waals surface area contributed by atoms with Crippen LogP contribution in [0.25, 0.3) is 0 Å². The van der Waals surface area contributed by atoms with Crippen LogP contribution in [0, 0.1) is 10.7 Å². The fraction of sp³-hybridized carbons (Fsp3) is 0.125. The predicted octanol–water partition coefficient (Wildman–Crippen LogP) is 1.78. The van der Waals surface area contributed by atoms with Gasteiger partial charge in [0.2, 0.25) is 0 Å². The van der Waals surface area contributed by atoms with Crippen LogP contribution in [0.4, 0.5) is 0 Å². The number of hydrogen-bond donors (Lipinski definition) is 1. The van der Waals surface area contributed by atoms with E-state index < -0.39 is 7.12 Å². The minimum Gasteiger partial charge on any atom is -0.423 e. The number of fused-ring (bicyclic) bond motifs is 1. The van der Waals surface area contributed by atoms with Gasteiger partial charge in [-0.15, -0.1) is 0 Å². The number of halogens is 2. The van der Waals surface area contributed by atoms with E-state index in [0.29, 0.717) is 20.4 Å². The van der Waals surface area contributed by atoms with E-state index in [4.69, 9.17) is 33.1 Å². The maximum Gasteiger partial charge on any atom is 0.493 e. The van der Waals surface area contributed by atoms with E-state index in [1.165, 1.54) is 0 Å². The van der Waals surface area contributed by atoms with E-state index in [1.807, 2.05) is 5.40 Å². The lowest BCUT2D eigenvalue weighted by molar-refractivity contribution is 0.275. The highest BCUT2D eigenvalue weighted by Gasteiger charge is 2.32.